The van der Waals surface area contributed by atoms with E-state index in [1.165, 1.54) is 17.5 Å². The number of hydrogen-bond donors (Lipinski definition) is 1. The molecule has 5 nitrogen and oxygen atoms in total. The summed E-state index contributed by atoms with van der Waals surface area (Å²) in [5.74, 6) is 1.03. The van der Waals surface area contributed by atoms with Gasteiger partial charge in [-0.05, 0) is 50.3 Å². The summed E-state index contributed by atoms with van der Waals surface area (Å²) in [5.41, 5.74) is 8.72. The van der Waals surface area contributed by atoms with E-state index in [2.05, 4.69) is 47.0 Å². The Morgan fingerprint density at radius 2 is 2.16 bits per heavy atom. The monoisotopic (exact) mass is 332 g/mol. The quantitative estimate of drug-likeness (QED) is 0.537. The van der Waals surface area contributed by atoms with Gasteiger partial charge in [0.25, 0.3) is 0 Å². The number of rotatable bonds is 3. The van der Waals surface area contributed by atoms with Crippen molar-refractivity contribution >= 4 is 33.6 Å². The number of fused-ring (bicyclic) bond motifs is 3. The molecule has 0 spiro atoms. The van der Waals surface area contributed by atoms with Gasteiger partial charge in [0, 0.05) is 5.39 Å². The number of para-hydroxylation sites is 1. The average Bonchev–Trinajstić information content (AvgIpc) is 3.00. The van der Waals surface area contributed by atoms with Crippen LogP contribution in [0.2, 0.25) is 0 Å². The molecule has 0 saturated heterocycles. The summed E-state index contributed by atoms with van der Waals surface area (Å²) in [7, 11) is 0. The van der Waals surface area contributed by atoms with Crippen molar-refractivity contribution in [2.45, 2.75) is 26.7 Å². The Morgan fingerprint density at radius 1 is 1.32 bits per heavy atom. The molecule has 1 atom stereocenters. The lowest BCUT2D eigenvalue weighted by atomic mass is 9.85. The Morgan fingerprint density at radius 3 is 3.00 bits per heavy atom. The molecule has 2 aromatic heterocycles. The molecule has 2 heterocycles. The minimum atomic E-state index is 0.445. The Kier molecular flexibility index (Phi) is 3.84. The van der Waals surface area contributed by atoms with Crippen LogP contribution in [0.15, 0.2) is 63.9 Å². The Labute approximate surface area is 146 Å². The molecular formula is C20H20N4O. The molecule has 1 N–H and O–H groups in total. The van der Waals surface area contributed by atoms with Crippen LogP contribution in [-0.2, 0) is 0 Å². The highest BCUT2D eigenvalue weighted by Gasteiger charge is 2.19. The minimum Gasteiger partial charge on any atom is -0.450 e. The van der Waals surface area contributed by atoms with Crippen LogP contribution in [0.4, 0.5) is 5.82 Å². The van der Waals surface area contributed by atoms with Crippen molar-refractivity contribution < 1.29 is 4.42 Å². The van der Waals surface area contributed by atoms with Gasteiger partial charge < -0.3 is 4.42 Å². The van der Waals surface area contributed by atoms with Gasteiger partial charge in [-0.15, -0.1) is 0 Å². The summed E-state index contributed by atoms with van der Waals surface area (Å²) in [6.45, 7) is 8.25. The molecule has 25 heavy (non-hydrogen) atoms. The maximum atomic E-state index is 5.92. The van der Waals surface area contributed by atoms with E-state index in [0.717, 1.165) is 35.0 Å². The number of hydrogen-bond acceptors (Lipinski definition) is 5. The number of nitrogens with one attached hydrogen (secondary N) is 1. The van der Waals surface area contributed by atoms with E-state index < -0.39 is 0 Å². The lowest BCUT2D eigenvalue weighted by Crippen LogP contribution is -2.16. The molecule has 0 saturated carbocycles. The van der Waals surface area contributed by atoms with Gasteiger partial charge in [0.2, 0.25) is 0 Å². The zero-order valence-corrected chi connectivity index (χ0v) is 14.4. The zero-order chi connectivity index (χ0) is 17.4. The molecule has 0 amide bonds. The van der Waals surface area contributed by atoms with Crippen LogP contribution in [-0.4, -0.2) is 15.7 Å². The topological polar surface area (TPSA) is 63.3 Å². The molecule has 0 radical (unpaired) electrons. The van der Waals surface area contributed by atoms with Crippen molar-refractivity contribution in [2.24, 2.45) is 11.0 Å². The maximum absolute atomic E-state index is 5.92. The standard InChI is InChI=1S/C20H20N4O/c1-12(2)14-9-8-13(3)16(10-14)23-24-20-19-18(21-11-22-20)15-6-4-5-7-17(15)25-19/h4-8,11,14H,1,9-10H2,2-3H3,(H,21,22,24)/b23-16-/t14-/m0/s1. The molecule has 126 valence electrons. The molecule has 1 aliphatic carbocycles. The fourth-order valence-corrected chi connectivity index (χ4v) is 3.15. The number of furan rings is 1. The van der Waals surface area contributed by atoms with Gasteiger partial charge in [-0.3, -0.25) is 5.43 Å². The first-order valence-electron chi connectivity index (χ1n) is 8.41. The third kappa shape index (κ3) is 2.82. The van der Waals surface area contributed by atoms with Gasteiger partial charge in [-0.2, -0.15) is 5.10 Å². The van der Waals surface area contributed by atoms with Gasteiger partial charge in [-0.1, -0.05) is 30.4 Å². The molecule has 4 rings (SSSR count). The molecule has 0 unspecified atom stereocenters. The van der Waals surface area contributed by atoms with Crippen molar-refractivity contribution in [1.82, 2.24) is 9.97 Å². The van der Waals surface area contributed by atoms with Crippen molar-refractivity contribution in [2.75, 3.05) is 5.43 Å². The van der Waals surface area contributed by atoms with Gasteiger partial charge in [0.15, 0.2) is 11.4 Å². The predicted octanol–water partition coefficient (Wildman–Crippen LogP) is 5.08. The smallest absolute Gasteiger partial charge is 0.197 e. The first-order valence-corrected chi connectivity index (χ1v) is 8.41. The van der Waals surface area contributed by atoms with Crippen molar-refractivity contribution in [1.29, 1.82) is 0 Å². The molecule has 5 heteroatoms. The zero-order valence-electron chi connectivity index (χ0n) is 14.4. The Bertz CT molecular complexity index is 1030. The van der Waals surface area contributed by atoms with E-state index in [-0.39, 0.29) is 0 Å². The fraction of sp³-hybridized carbons (Fsp3) is 0.250. The summed E-state index contributed by atoms with van der Waals surface area (Å²) in [6.07, 6.45) is 5.67. The molecule has 1 aromatic carbocycles. The fourth-order valence-electron chi connectivity index (χ4n) is 3.15. The first-order chi connectivity index (χ1) is 12.1. The molecule has 0 bridgehead atoms. The highest BCUT2D eigenvalue weighted by atomic mass is 16.3. The van der Waals surface area contributed by atoms with Crippen molar-refractivity contribution in [3.05, 3.63) is 54.4 Å². The Hall–Kier alpha value is -2.95. The van der Waals surface area contributed by atoms with E-state index in [1.54, 1.807) is 0 Å². The van der Waals surface area contributed by atoms with Crippen LogP contribution in [0.1, 0.15) is 26.7 Å². The second kappa shape index (κ2) is 6.16. The average molecular weight is 332 g/mol. The number of nitrogens with zero attached hydrogens (tertiary/aromatic N) is 3. The molecular weight excluding hydrogens is 312 g/mol. The first kappa shape index (κ1) is 15.6. The molecule has 1 aliphatic rings. The third-order valence-corrected chi connectivity index (χ3v) is 4.76. The van der Waals surface area contributed by atoms with Crippen molar-refractivity contribution in [3.8, 4) is 0 Å². The van der Waals surface area contributed by atoms with E-state index in [9.17, 15) is 0 Å². The Balaban J connectivity index is 1.70. The van der Waals surface area contributed by atoms with Crippen LogP contribution in [0.5, 0.6) is 0 Å². The highest BCUT2D eigenvalue weighted by molar-refractivity contribution is 6.06. The number of aromatic nitrogens is 2. The van der Waals surface area contributed by atoms with Crippen LogP contribution < -0.4 is 5.43 Å². The van der Waals surface area contributed by atoms with Gasteiger partial charge >= 0.3 is 0 Å². The lowest BCUT2D eigenvalue weighted by Gasteiger charge is -2.22. The summed E-state index contributed by atoms with van der Waals surface area (Å²) < 4.78 is 5.92. The highest BCUT2D eigenvalue weighted by Crippen LogP contribution is 2.31. The minimum absolute atomic E-state index is 0.445. The summed E-state index contributed by atoms with van der Waals surface area (Å²) in [5, 5.41) is 5.57. The number of benzene rings is 1. The van der Waals surface area contributed by atoms with Crippen LogP contribution in [0, 0.1) is 5.92 Å². The van der Waals surface area contributed by atoms with E-state index >= 15 is 0 Å². The van der Waals surface area contributed by atoms with Crippen molar-refractivity contribution in [3.63, 3.8) is 0 Å². The summed E-state index contributed by atoms with van der Waals surface area (Å²) >= 11 is 0. The molecule has 0 fully saturated rings. The van der Waals surface area contributed by atoms with Gasteiger partial charge in [0.05, 0.1) is 5.71 Å². The summed E-state index contributed by atoms with van der Waals surface area (Å²) in [6, 6.07) is 7.84. The summed E-state index contributed by atoms with van der Waals surface area (Å²) in [4.78, 5) is 8.66. The van der Waals surface area contributed by atoms with Crippen LogP contribution >= 0.6 is 0 Å². The van der Waals surface area contributed by atoms with Gasteiger partial charge in [-0.25, -0.2) is 9.97 Å². The van der Waals surface area contributed by atoms with E-state index in [4.69, 9.17) is 4.42 Å². The normalized spacial score (nSPS) is 19.4. The number of hydrazone groups is 1. The number of anilines is 1. The molecule has 0 aliphatic heterocycles. The molecule has 3 aromatic rings. The van der Waals surface area contributed by atoms with E-state index in [0.29, 0.717) is 17.3 Å². The van der Waals surface area contributed by atoms with Crippen LogP contribution in [0.3, 0.4) is 0 Å². The number of allylic oxidation sites excluding steroid dienone is 3. The maximum Gasteiger partial charge on any atom is 0.197 e. The van der Waals surface area contributed by atoms with Crippen LogP contribution in [0.25, 0.3) is 22.1 Å². The second-order valence-electron chi connectivity index (χ2n) is 6.54. The predicted molar refractivity (Wildman–Crippen MR) is 102 cm³/mol. The lowest BCUT2D eigenvalue weighted by molar-refractivity contribution is 0.639. The largest absolute Gasteiger partial charge is 0.450 e. The van der Waals surface area contributed by atoms with E-state index in [1.807, 2.05) is 24.3 Å². The third-order valence-electron chi connectivity index (χ3n) is 4.76. The van der Waals surface area contributed by atoms with Gasteiger partial charge in [0.1, 0.15) is 17.4 Å². The second-order valence-corrected chi connectivity index (χ2v) is 6.54. The SMILES string of the molecule is C=C(C)[C@H]1CC=C(C)/C(=N\Nc2ncnc3c2oc2ccccc23)C1.